The predicted octanol–water partition coefficient (Wildman–Crippen LogP) is -0.303. The van der Waals surface area contributed by atoms with Crippen LogP contribution in [0.15, 0.2) is 12.4 Å². The fourth-order valence-electron chi connectivity index (χ4n) is 0.866. The van der Waals surface area contributed by atoms with Crippen LogP contribution < -0.4 is 0 Å². The van der Waals surface area contributed by atoms with Crippen LogP contribution in [0.3, 0.4) is 0 Å². The first-order valence-corrected chi connectivity index (χ1v) is 4.35. The van der Waals surface area contributed by atoms with Crippen LogP contribution in [0.5, 0.6) is 0 Å². The summed E-state index contributed by atoms with van der Waals surface area (Å²) in [5.74, 6) is -1.06. The van der Waals surface area contributed by atoms with Gasteiger partial charge in [0, 0.05) is 12.4 Å². The Kier molecular flexibility index (Phi) is 3.96. The van der Waals surface area contributed by atoms with Crippen molar-refractivity contribution in [2.75, 3.05) is 7.11 Å². The largest absolute Gasteiger partial charge is 0.467 e. The van der Waals surface area contributed by atoms with E-state index in [1.165, 1.54) is 12.4 Å². The number of halogens is 1. The van der Waals surface area contributed by atoms with Gasteiger partial charge in [-0.15, -0.1) is 0 Å². The van der Waals surface area contributed by atoms with Crippen LogP contribution in [-0.4, -0.2) is 39.4 Å². The van der Waals surface area contributed by atoms with Gasteiger partial charge < -0.3 is 14.9 Å². The summed E-state index contributed by atoms with van der Waals surface area (Å²) >= 11 is 5.52. The number of aliphatic hydroxyl groups is 2. The molecule has 2 atom stereocenters. The maximum Gasteiger partial charge on any atom is 0.337 e. The van der Waals surface area contributed by atoms with Crippen molar-refractivity contribution >= 4 is 17.6 Å². The van der Waals surface area contributed by atoms with E-state index >= 15 is 0 Å². The Morgan fingerprint density at radius 3 is 2.47 bits per heavy atom. The molecular formula is C8H9ClN2O4. The van der Waals surface area contributed by atoms with Gasteiger partial charge in [-0.25, -0.2) is 14.8 Å². The van der Waals surface area contributed by atoms with Crippen molar-refractivity contribution in [1.82, 2.24) is 9.97 Å². The van der Waals surface area contributed by atoms with Gasteiger partial charge in [-0.2, -0.15) is 0 Å². The number of methoxy groups -OCH3 is 1. The fraction of sp³-hybridized carbons (Fsp3) is 0.375. The summed E-state index contributed by atoms with van der Waals surface area (Å²) in [7, 11) is 1.10. The third-order valence-corrected chi connectivity index (χ3v) is 1.84. The Bertz CT molecular complexity index is 343. The second-order valence-corrected chi connectivity index (χ2v) is 3.11. The van der Waals surface area contributed by atoms with E-state index in [-0.39, 0.29) is 5.82 Å². The molecule has 15 heavy (non-hydrogen) atoms. The molecule has 2 N–H and O–H groups in total. The Morgan fingerprint density at radius 1 is 1.47 bits per heavy atom. The molecule has 0 radical (unpaired) electrons. The Hall–Kier alpha value is -1.24. The molecule has 0 saturated heterocycles. The van der Waals surface area contributed by atoms with Crippen LogP contribution >= 0.6 is 11.6 Å². The molecule has 0 fully saturated rings. The normalized spacial score (nSPS) is 14.4. The number of aliphatic hydroxyl groups excluding tert-OH is 2. The molecule has 0 aliphatic carbocycles. The van der Waals surface area contributed by atoms with Gasteiger partial charge in [0.25, 0.3) is 0 Å². The van der Waals surface area contributed by atoms with Crippen molar-refractivity contribution in [3.8, 4) is 0 Å². The van der Waals surface area contributed by atoms with Crippen molar-refractivity contribution in [3.63, 3.8) is 0 Å². The first-order valence-electron chi connectivity index (χ1n) is 3.97. The van der Waals surface area contributed by atoms with Crippen LogP contribution in [0, 0.1) is 0 Å². The number of esters is 1. The lowest BCUT2D eigenvalue weighted by Gasteiger charge is -2.13. The van der Waals surface area contributed by atoms with Crippen molar-refractivity contribution < 1.29 is 19.7 Å². The van der Waals surface area contributed by atoms with Gasteiger partial charge in [0.05, 0.1) is 12.1 Å². The molecule has 7 heteroatoms. The molecule has 0 amide bonds. The van der Waals surface area contributed by atoms with Crippen LogP contribution in [0.4, 0.5) is 0 Å². The van der Waals surface area contributed by atoms with E-state index in [9.17, 15) is 15.0 Å². The standard InChI is InChI=1S/C8H9ClN2O4/c1-15-8(14)6(13)5(12)7-10-2-4(9)3-11-7/h2-3,5-6,12-13H,1H3. The lowest BCUT2D eigenvalue weighted by Crippen LogP contribution is -2.30. The molecule has 1 rings (SSSR count). The van der Waals surface area contributed by atoms with Gasteiger partial charge in [-0.1, -0.05) is 11.6 Å². The summed E-state index contributed by atoms with van der Waals surface area (Å²) < 4.78 is 4.25. The monoisotopic (exact) mass is 232 g/mol. The minimum atomic E-state index is -1.71. The van der Waals surface area contributed by atoms with E-state index < -0.39 is 18.2 Å². The molecular weight excluding hydrogens is 224 g/mol. The van der Waals surface area contributed by atoms with Crippen molar-refractivity contribution in [3.05, 3.63) is 23.2 Å². The summed E-state index contributed by atoms with van der Waals surface area (Å²) in [6, 6.07) is 0. The summed E-state index contributed by atoms with van der Waals surface area (Å²) in [5.41, 5.74) is 0. The smallest absolute Gasteiger partial charge is 0.337 e. The molecule has 82 valence electrons. The number of nitrogens with zero attached hydrogens (tertiary/aromatic N) is 2. The molecule has 0 aromatic carbocycles. The van der Waals surface area contributed by atoms with E-state index in [1.54, 1.807) is 0 Å². The van der Waals surface area contributed by atoms with Crippen molar-refractivity contribution in [1.29, 1.82) is 0 Å². The molecule has 6 nitrogen and oxygen atoms in total. The van der Waals surface area contributed by atoms with Gasteiger partial charge in [-0.3, -0.25) is 0 Å². The number of carbonyl (C=O) groups is 1. The van der Waals surface area contributed by atoms with Crippen molar-refractivity contribution in [2.24, 2.45) is 0 Å². The number of ether oxygens (including phenoxy) is 1. The lowest BCUT2D eigenvalue weighted by atomic mass is 10.2. The number of hydrogen-bond acceptors (Lipinski definition) is 6. The highest BCUT2D eigenvalue weighted by Gasteiger charge is 2.28. The Labute approximate surface area is 90.5 Å². The molecule has 2 unspecified atom stereocenters. The molecule has 1 aromatic rings. The summed E-state index contributed by atoms with van der Waals surface area (Å²) in [4.78, 5) is 18.2. The van der Waals surface area contributed by atoms with Crippen LogP contribution in [0.2, 0.25) is 5.02 Å². The van der Waals surface area contributed by atoms with Gasteiger partial charge in [-0.05, 0) is 0 Å². The fourth-order valence-corrected chi connectivity index (χ4v) is 0.963. The van der Waals surface area contributed by atoms with Crippen molar-refractivity contribution in [2.45, 2.75) is 12.2 Å². The highest BCUT2D eigenvalue weighted by atomic mass is 35.5. The minimum absolute atomic E-state index is 0.0997. The maximum absolute atomic E-state index is 10.9. The summed E-state index contributed by atoms with van der Waals surface area (Å²) in [6.45, 7) is 0. The van der Waals surface area contributed by atoms with Crippen LogP contribution in [-0.2, 0) is 9.53 Å². The number of hydrogen-bond donors (Lipinski definition) is 2. The predicted molar refractivity (Wildman–Crippen MR) is 50.0 cm³/mol. The number of carbonyl (C=O) groups excluding carboxylic acids is 1. The molecule has 0 saturated carbocycles. The second kappa shape index (κ2) is 5.01. The van der Waals surface area contributed by atoms with E-state index in [0.29, 0.717) is 5.02 Å². The second-order valence-electron chi connectivity index (χ2n) is 2.67. The summed E-state index contributed by atoms with van der Waals surface area (Å²) in [6.07, 6.45) is -0.750. The highest BCUT2D eigenvalue weighted by Crippen LogP contribution is 2.14. The quantitative estimate of drug-likeness (QED) is 0.695. The zero-order chi connectivity index (χ0) is 11.4. The number of rotatable bonds is 3. The van der Waals surface area contributed by atoms with E-state index in [4.69, 9.17) is 11.6 Å². The molecule has 1 heterocycles. The first-order chi connectivity index (χ1) is 7.06. The number of aromatic nitrogens is 2. The molecule has 0 aliphatic heterocycles. The van der Waals surface area contributed by atoms with Gasteiger partial charge >= 0.3 is 5.97 Å². The van der Waals surface area contributed by atoms with Crippen LogP contribution in [0.1, 0.15) is 11.9 Å². The highest BCUT2D eigenvalue weighted by molar-refractivity contribution is 6.30. The lowest BCUT2D eigenvalue weighted by molar-refractivity contribution is -0.157. The van der Waals surface area contributed by atoms with Gasteiger partial charge in [0.15, 0.2) is 18.0 Å². The third kappa shape index (κ3) is 2.85. The topological polar surface area (TPSA) is 92.5 Å². The Morgan fingerprint density at radius 2 is 2.00 bits per heavy atom. The summed E-state index contributed by atoms with van der Waals surface area (Å²) in [5, 5.41) is 19.0. The third-order valence-electron chi connectivity index (χ3n) is 1.65. The zero-order valence-electron chi connectivity index (χ0n) is 7.79. The zero-order valence-corrected chi connectivity index (χ0v) is 8.55. The Balaban J connectivity index is 2.80. The van der Waals surface area contributed by atoms with E-state index in [0.717, 1.165) is 7.11 Å². The average molecular weight is 233 g/mol. The van der Waals surface area contributed by atoms with Gasteiger partial charge in [0.1, 0.15) is 0 Å². The maximum atomic E-state index is 10.9. The average Bonchev–Trinajstić information content (AvgIpc) is 2.27. The molecule has 0 bridgehead atoms. The van der Waals surface area contributed by atoms with Crippen LogP contribution in [0.25, 0.3) is 0 Å². The SMILES string of the molecule is COC(=O)C(O)C(O)c1ncc(Cl)cn1. The first kappa shape index (κ1) is 11.8. The minimum Gasteiger partial charge on any atom is -0.467 e. The van der Waals surface area contributed by atoms with E-state index in [2.05, 4.69) is 14.7 Å². The van der Waals surface area contributed by atoms with E-state index in [1.807, 2.05) is 0 Å². The molecule has 0 spiro atoms. The molecule has 0 aliphatic rings. The van der Waals surface area contributed by atoms with Gasteiger partial charge in [0.2, 0.25) is 0 Å². The molecule has 1 aromatic heterocycles.